The SMILES string of the molecule is NCC(=O)N(O)C1CCCCC1. The molecule has 1 aliphatic rings. The Kier molecular flexibility index (Phi) is 3.49. The van der Waals surface area contributed by atoms with E-state index in [9.17, 15) is 10.0 Å². The summed E-state index contributed by atoms with van der Waals surface area (Å²) < 4.78 is 0. The van der Waals surface area contributed by atoms with Gasteiger partial charge < -0.3 is 5.73 Å². The summed E-state index contributed by atoms with van der Waals surface area (Å²) in [5.41, 5.74) is 5.13. The summed E-state index contributed by atoms with van der Waals surface area (Å²) in [4.78, 5) is 11.0. The molecule has 0 aromatic rings. The quantitative estimate of drug-likeness (QED) is 0.470. The summed E-state index contributed by atoms with van der Waals surface area (Å²) in [5.74, 6) is -0.373. The van der Waals surface area contributed by atoms with Crippen LogP contribution >= 0.6 is 0 Å². The highest BCUT2D eigenvalue weighted by molar-refractivity contribution is 5.77. The molecule has 12 heavy (non-hydrogen) atoms. The van der Waals surface area contributed by atoms with E-state index in [0.717, 1.165) is 30.7 Å². The van der Waals surface area contributed by atoms with E-state index < -0.39 is 0 Å². The van der Waals surface area contributed by atoms with Gasteiger partial charge in [0.15, 0.2) is 0 Å². The molecule has 4 heteroatoms. The first kappa shape index (κ1) is 9.48. The van der Waals surface area contributed by atoms with E-state index in [1.54, 1.807) is 0 Å². The van der Waals surface area contributed by atoms with Gasteiger partial charge in [-0.2, -0.15) is 0 Å². The Bertz CT molecular complexity index is 155. The summed E-state index contributed by atoms with van der Waals surface area (Å²) in [6.07, 6.45) is 5.21. The van der Waals surface area contributed by atoms with Gasteiger partial charge in [-0.3, -0.25) is 10.0 Å². The van der Waals surface area contributed by atoms with Crippen LogP contribution in [0.3, 0.4) is 0 Å². The first-order chi connectivity index (χ1) is 5.75. The summed E-state index contributed by atoms with van der Waals surface area (Å²) >= 11 is 0. The number of hydrogen-bond acceptors (Lipinski definition) is 3. The molecule has 0 aliphatic heterocycles. The molecular formula is C8H16N2O2. The molecular weight excluding hydrogens is 156 g/mol. The average Bonchev–Trinajstić information content (AvgIpc) is 2.17. The Hall–Kier alpha value is -0.610. The Balaban J connectivity index is 2.39. The van der Waals surface area contributed by atoms with Crippen molar-refractivity contribution in [2.75, 3.05) is 6.54 Å². The first-order valence-electron chi connectivity index (χ1n) is 4.46. The molecule has 0 aromatic carbocycles. The summed E-state index contributed by atoms with van der Waals surface area (Å²) in [5, 5.41) is 10.2. The maximum Gasteiger partial charge on any atom is 0.259 e. The largest absolute Gasteiger partial charge is 0.322 e. The van der Waals surface area contributed by atoms with E-state index in [1.165, 1.54) is 6.42 Å². The van der Waals surface area contributed by atoms with Gasteiger partial charge in [-0.1, -0.05) is 19.3 Å². The third-order valence-corrected chi connectivity index (χ3v) is 2.35. The second-order valence-corrected chi connectivity index (χ2v) is 3.23. The van der Waals surface area contributed by atoms with E-state index in [2.05, 4.69) is 0 Å². The van der Waals surface area contributed by atoms with Crippen molar-refractivity contribution in [2.45, 2.75) is 38.1 Å². The fourth-order valence-electron chi connectivity index (χ4n) is 1.62. The van der Waals surface area contributed by atoms with Crippen LogP contribution in [0.1, 0.15) is 32.1 Å². The van der Waals surface area contributed by atoms with Crippen LogP contribution < -0.4 is 5.73 Å². The number of hydrogen-bond donors (Lipinski definition) is 2. The molecule has 0 saturated heterocycles. The van der Waals surface area contributed by atoms with Gasteiger partial charge in [0.25, 0.3) is 5.91 Å². The Morgan fingerprint density at radius 3 is 2.50 bits per heavy atom. The zero-order valence-corrected chi connectivity index (χ0v) is 7.20. The Morgan fingerprint density at radius 1 is 1.42 bits per heavy atom. The van der Waals surface area contributed by atoms with Crippen LogP contribution in [-0.4, -0.2) is 28.8 Å². The lowest BCUT2D eigenvalue weighted by atomic mass is 9.95. The molecule has 3 N–H and O–H groups in total. The topological polar surface area (TPSA) is 66.6 Å². The molecule has 1 saturated carbocycles. The van der Waals surface area contributed by atoms with Gasteiger partial charge >= 0.3 is 0 Å². The number of nitrogens with zero attached hydrogens (tertiary/aromatic N) is 1. The van der Waals surface area contributed by atoms with Crippen molar-refractivity contribution in [1.82, 2.24) is 5.06 Å². The number of rotatable bonds is 2. The Labute approximate surface area is 72.3 Å². The molecule has 0 heterocycles. The van der Waals surface area contributed by atoms with Crippen molar-refractivity contribution in [3.8, 4) is 0 Å². The standard InChI is InChI=1S/C8H16N2O2/c9-6-8(11)10(12)7-4-2-1-3-5-7/h7,12H,1-6,9H2. The third-order valence-electron chi connectivity index (χ3n) is 2.35. The lowest BCUT2D eigenvalue weighted by Gasteiger charge is -2.28. The predicted molar refractivity (Wildman–Crippen MR) is 44.6 cm³/mol. The van der Waals surface area contributed by atoms with Crippen molar-refractivity contribution >= 4 is 5.91 Å². The van der Waals surface area contributed by atoms with Gasteiger partial charge in [-0.05, 0) is 12.8 Å². The minimum absolute atomic E-state index is 0.00907. The van der Waals surface area contributed by atoms with Crippen LogP contribution in [0.4, 0.5) is 0 Å². The molecule has 0 radical (unpaired) electrons. The highest BCUT2D eigenvalue weighted by Crippen LogP contribution is 2.21. The minimum Gasteiger partial charge on any atom is -0.322 e. The van der Waals surface area contributed by atoms with Crippen molar-refractivity contribution in [3.05, 3.63) is 0 Å². The maximum atomic E-state index is 11.0. The maximum absolute atomic E-state index is 11.0. The number of nitrogens with two attached hydrogens (primary N) is 1. The highest BCUT2D eigenvalue weighted by atomic mass is 16.5. The molecule has 0 aromatic heterocycles. The zero-order valence-electron chi connectivity index (χ0n) is 7.20. The summed E-state index contributed by atoms with van der Waals surface area (Å²) in [6, 6.07) is 0.00907. The average molecular weight is 172 g/mol. The van der Waals surface area contributed by atoms with Gasteiger partial charge in [-0.15, -0.1) is 0 Å². The van der Waals surface area contributed by atoms with Crippen LogP contribution in [0.15, 0.2) is 0 Å². The predicted octanol–water partition coefficient (Wildman–Crippen LogP) is 0.496. The smallest absolute Gasteiger partial charge is 0.259 e. The molecule has 70 valence electrons. The number of carbonyl (C=O) groups excluding carboxylic acids is 1. The van der Waals surface area contributed by atoms with Crippen LogP contribution in [0.2, 0.25) is 0 Å². The van der Waals surface area contributed by atoms with E-state index in [-0.39, 0.29) is 18.5 Å². The lowest BCUT2D eigenvalue weighted by molar-refractivity contribution is -0.176. The van der Waals surface area contributed by atoms with Crippen molar-refractivity contribution in [3.63, 3.8) is 0 Å². The third kappa shape index (κ3) is 2.19. The first-order valence-corrected chi connectivity index (χ1v) is 4.46. The molecule has 1 amide bonds. The molecule has 0 atom stereocenters. The fourth-order valence-corrected chi connectivity index (χ4v) is 1.62. The molecule has 0 unspecified atom stereocenters. The Morgan fingerprint density at radius 2 is 2.00 bits per heavy atom. The molecule has 1 rings (SSSR count). The van der Waals surface area contributed by atoms with Crippen molar-refractivity contribution in [2.24, 2.45) is 5.73 Å². The van der Waals surface area contributed by atoms with Crippen LogP contribution in [0.5, 0.6) is 0 Å². The van der Waals surface area contributed by atoms with E-state index in [4.69, 9.17) is 5.73 Å². The zero-order chi connectivity index (χ0) is 8.97. The van der Waals surface area contributed by atoms with Crippen LogP contribution in [0, 0.1) is 0 Å². The summed E-state index contributed by atoms with van der Waals surface area (Å²) in [7, 11) is 0. The monoisotopic (exact) mass is 172 g/mol. The number of amides is 1. The number of hydroxylamine groups is 2. The molecule has 1 aliphatic carbocycles. The van der Waals surface area contributed by atoms with Gasteiger partial charge in [0.05, 0.1) is 12.6 Å². The van der Waals surface area contributed by atoms with Crippen molar-refractivity contribution < 1.29 is 10.0 Å². The van der Waals surface area contributed by atoms with Crippen molar-refractivity contribution in [1.29, 1.82) is 0 Å². The van der Waals surface area contributed by atoms with Gasteiger partial charge in [0, 0.05) is 0 Å². The highest BCUT2D eigenvalue weighted by Gasteiger charge is 2.22. The molecule has 0 bridgehead atoms. The lowest BCUT2D eigenvalue weighted by Crippen LogP contribution is -2.41. The molecule has 4 nitrogen and oxygen atoms in total. The van der Waals surface area contributed by atoms with E-state index in [1.807, 2.05) is 0 Å². The minimum atomic E-state index is -0.373. The normalized spacial score (nSPS) is 19.2. The molecule has 1 fully saturated rings. The van der Waals surface area contributed by atoms with E-state index in [0.29, 0.717) is 0 Å². The van der Waals surface area contributed by atoms with Gasteiger partial charge in [0.2, 0.25) is 0 Å². The van der Waals surface area contributed by atoms with Gasteiger partial charge in [0.1, 0.15) is 0 Å². The van der Waals surface area contributed by atoms with E-state index >= 15 is 0 Å². The second kappa shape index (κ2) is 4.42. The second-order valence-electron chi connectivity index (χ2n) is 3.23. The van der Waals surface area contributed by atoms with Crippen LogP contribution in [0.25, 0.3) is 0 Å². The van der Waals surface area contributed by atoms with Crippen LogP contribution in [-0.2, 0) is 4.79 Å². The molecule has 0 spiro atoms. The fraction of sp³-hybridized carbons (Fsp3) is 0.875. The van der Waals surface area contributed by atoms with Gasteiger partial charge in [-0.25, -0.2) is 5.06 Å². The number of carbonyl (C=O) groups is 1. The summed E-state index contributed by atoms with van der Waals surface area (Å²) in [6.45, 7) is -0.104.